The Morgan fingerprint density at radius 3 is 2.83 bits per heavy atom. The summed E-state index contributed by atoms with van der Waals surface area (Å²) in [6.07, 6.45) is 0. The van der Waals surface area contributed by atoms with Gasteiger partial charge in [-0.25, -0.2) is 4.98 Å². The molecule has 0 saturated heterocycles. The summed E-state index contributed by atoms with van der Waals surface area (Å²) in [7, 11) is 1.46. The first-order valence-corrected chi connectivity index (χ1v) is 3.31. The number of hydrogen-bond donors (Lipinski definition) is 1. The Labute approximate surface area is 70.4 Å². The molecule has 0 bridgehead atoms. The average molecular weight is 165 g/mol. The predicted octanol–water partition coefficient (Wildman–Crippen LogP) is 0.371. The van der Waals surface area contributed by atoms with Gasteiger partial charge in [-0.1, -0.05) is 0 Å². The highest BCUT2D eigenvalue weighted by Crippen LogP contribution is 2.10. The third kappa shape index (κ3) is 1.72. The van der Waals surface area contributed by atoms with Gasteiger partial charge in [-0.15, -0.1) is 0 Å². The van der Waals surface area contributed by atoms with E-state index in [0.29, 0.717) is 11.4 Å². The molecule has 4 heteroatoms. The van der Waals surface area contributed by atoms with Crippen LogP contribution in [0.1, 0.15) is 16.1 Å². The van der Waals surface area contributed by atoms with Crippen molar-refractivity contribution in [3.05, 3.63) is 30.3 Å². The predicted molar refractivity (Wildman–Crippen MR) is 43.8 cm³/mol. The van der Waals surface area contributed by atoms with E-state index in [1.807, 2.05) is 0 Å². The Bertz CT molecular complexity index is 310. The van der Waals surface area contributed by atoms with E-state index in [-0.39, 0.29) is 5.69 Å². The molecule has 1 amide bonds. The molecule has 0 atom stereocenters. The molecule has 1 radical (unpaired) electrons. The fraction of sp³-hybridized carbons (Fsp3) is 0.125. The molecule has 0 saturated carbocycles. The normalized spacial score (nSPS) is 9.50. The van der Waals surface area contributed by atoms with Crippen LogP contribution in [-0.4, -0.2) is 18.0 Å². The molecule has 2 N–H and O–H groups in total. The van der Waals surface area contributed by atoms with Gasteiger partial charge in [0.15, 0.2) is 0 Å². The highest BCUT2D eigenvalue weighted by molar-refractivity contribution is 5.91. The number of primary amides is 1. The lowest BCUT2D eigenvalue weighted by Crippen LogP contribution is -2.13. The van der Waals surface area contributed by atoms with E-state index in [9.17, 15) is 4.79 Å². The molecule has 1 aromatic rings. The number of amides is 1. The van der Waals surface area contributed by atoms with Crippen LogP contribution in [0, 0.1) is 6.92 Å². The molecule has 0 aliphatic heterocycles. The maximum absolute atomic E-state index is 10.7. The molecule has 1 aromatic heterocycles. The Morgan fingerprint density at radius 1 is 1.67 bits per heavy atom. The average Bonchev–Trinajstić information content (AvgIpc) is 2.03. The summed E-state index contributed by atoms with van der Waals surface area (Å²) in [5.74, 6) is -0.241. The van der Waals surface area contributed by atoms with E-state index in [1.54, 1.807) is 6.07 Å². The van der Waals surface area contributed by atoms with Crippen LogP contribution in [0.3, 0.4) is 0 Å². The van der Waals surface area contributed by atoms with Crippen molar-refractivity contribution in [1.82, 2.24) is 4.98 Å². The van der Waals surface area contributed by atoms with Crippen LogP contribution in [0.5, 0.6) is 5.88 Å². The molecule has 1 heterocycles. The number of ether oxygens (including phenoxy) is 1. The Kier molecular flexibility index (Phi) is 2.28. The summed E-state index contributed by atoms with van der Waals surface area (Å²) in [6, 6.07) is 3.12. The Hall–Kier alpha value is -1.58. The molecule has 63 valence electrons. The SMILES string of the molecule is [CH2]c1cc(OC)nc(C(N)=O)c1. The standard InChI is InChI=1S/C8H9N2O2/c1-5-3-6(8(9)11)10-7(4-5)12-2/h3-4H,1H2,2H3,(H2,9,11). The van der Waals surface area contributed by atoms with Gasteiger partial charge in [-0.2, -0.15) is 0 Å². The lowest BCUT2D eigenvalue weighted by molar-refractivity contribution is 0.0994. The van der Waals surface area contributed by atoms with Gasteiger partial charge >= 0.3 is 0 Å². The lowest BCUT2D eigenvalue weighted by atomic mass is 10.2. The van der Waals surface area contributed by atoms with Crippen molar-refractivity contribution in [1.29, 1.82) is 0 Å². The Balaban J connectivity index is 3.15. The zero-order valence-corrected chi connectivity index (χ0v) is 6.70. The van der Waals surface area contributed by atoms with Crippen molar-refractivity contribution >= 4 is 5.91 Å². The molecule has 0 unspecified atom stereocenters. The number of nitrogens with two attached hydrogens (primary N) is 1. The van der Waals surface area contributed by atoms with Crippen molar-refractivity contribution in [3.8, 4) is 5.88 Å². The van der Waals surface area contributed by atoms with Gasteiger partial charge in [-0.05, 0) is 18.6 Å². The summed E-state index contributed by atoms with van der Waals surface area (Å²) < 4.78 is 4.83. The number of methoxy groups -OCH3 is 1. The number of aromatic nitrogens is 1. The monoisotopic (exact) mass is 165 g/mol. The van der Waals surface area contributed by atoms with Crippen LogP contribution in [0.2, 0.25) is 0 Å². The van der Waals surface area contributed by atoms with Gasteiger partial charge in [0.05, 0.1) is 7.11 Å². The van der Waals surface area contributed by atoms with E-state index >= 15 is 0 Å². The van der Waals surface area contributed by atoms with Crippen LogP contribution in [0.4, 0.5) is 0 Å². The van der Waals surface area contributed by atoms with Crippen molar-refractivity contribution < 1.29 is 9.53 Å². The number of nitrogens with zero attached hydrogens (tertiary/aromatic N) is 1. The number of carbonyl (C=O) groups excluding carboxylic acids is 1. The van der Waals surface area contributed by atoms with E-state index < -0.39 is 5.91 Å². The number of hydrogen-bond acceptors (Lipinski definition) is 3. The minimum absolute atomic E-state index is 0.166. The van der Waals surface area contributed by atoms with Crippen LogP contribution in [0.15, 0.2) is 12.1 Å². The second-order valence-electron chi connectivity index (χ2n) is 2.27. The van der Waals surface area contributed by atoms with Crippen molar-refractivity contribution in [2.24, 2.45) is 5.73 Å². The van der Waals surface area contributed by atoms with E-state index in [2.05, 4.69) is 11.9 Å². The minimum Gasteiger partial charge on any atom is -0.481 e. The quantitative estimate of drug-likeness (QED) is 0.688. The van der Waals surface area contributed by atoms with Crippen molar-refractivity contribution in [3.63, 3.8) is 0 Å². The summed E-state index contributed by atoms with van der Waals surface area (Å²) >= 11 is 0. The molecule has 0 aliphatic carbocycles. The summed E-state index contributed by atoms with van der Waals surface area (Å²) in [4.78, 5) is 14.5. The first-order valence-electron chi connectivity index (χ1n) is 3.31. The van der Waals surface area contributed by atoms with E-state index in [0.717, 1.165) is 0 Å². The Morgan fingerprint density at radius 2 is 2.33 bits per heavy atom. The smallest absolute Gasteiger partial charge is 0.267 e. The van der Waals surface area contributed by atoms with Crippen LogP contribution in [-0.2, 0) is 0 Å². The van der Waals surface area contributed by atoms with Crippen LogP contribution in [0.25, 0.3) is 0 Å². The molecule has 0 fully saturated rings. The van der Waals surface area contributed by atoms with Gasteiger partial charge in [0.25, 0.3) is 5.91 Å². The van der Waals surface area contributed by atoms with Crippen LogP contribution < -0.4 is 10.5 Å². The van der Waals surface area contributed by atoms with Crippen molar-refractivity contribution in [2.45, 2.75) is 0 Å². The van der Waals surface area contributed by atoms with E-state index in [1.165, 1.54) is 13.2 Å². The molecular formula is C8H9N2O2. The fourth-order valence-corrected chi connectivity index (χ4v) is 0.790. The number of pyridine rings is 1. The zero-order valence-electron chi connectivity index (χ0n) is 6.70. The first-order chi connectivity index (χ1) is 5.63. The van der Waals surface area contributed by atoms with Gasteiger partial charge in [0.1, 0.15) is 5.69 Å². The van der Waals surface area contributed by atoms with Gasteiger partial charge in [0, 0.05) is 6.07 Å². The third-order valence-corrected chi connectivity index (χ3v) is 1.32. The summed E-state index contributed by atoms with van der Waals surface area (Å²) in [5.41, 5.74) is 5.84. The second-order valence-corrected chi connectivity index (χ2v) is 2.27. The van der Waals surface area contributed by atoms with Gasteiger partial charge in [-0.3, -0.25) is 4.79 Å². The first kappa shape index (κ1) is 8.52. The maximum atomic E-state index is 10.7. The molecule has 0 aromatic carbocycles. The molecule has 4 nitrogen and oxygen atoms in total. The minimum atomic E-state index is -0.584. The van der Waals surface area contributed by atoms with E-state index in [4.69, 9.17) is 10.5 Å². The van der Waals surface area contributed by atoms with Crippen LogP contribution >= 0.6 is 0 Å². The third-order valence-electron chi connectivity index (χ3n) is 1.32. The van der Waals surface area contributed by atoms with Crippen molar-refractivity contribution in [2.75, 3.05) is 7.11 Å². The second kappa shape index (κ2) is 3.21. The van der Waals surface area contributed by atoms with Gasteiger partial charge in [0.2, 0.25) is 5.88 Å². The maximum Gasteiger partial charge on any atom is 0.267 e. The largest absolute Gasteiger partial charge is 0.481 e. The topological polar surface area (TPSA) is 65.2 Å². The molecule has 12 heavy (non-hydrogen) atoms. The van der Waals surface area contributed by atoms with Gasteiger partial charge < -0.3 is 10.5 Å². The summed E-state index contributed by atoms with van der Waals surface area (Å²) in [6.45, 7) is 3.64. The lowest BCUT2D eigenvalue weighted by Gasteiger charge is -2.01. The molecule has 1 rings (SSSR count). The molecular weight excluding hydrogens is 156 g/mol. The zero-order chi connectivity index (χ0) is 9.14. The highest BCUT2D eigenvalue weighted by atomic mass is 16.5. The highest BCUT2D eigenvalue weighted by Gasteiger charge is 2.04. The molecule has 0 aliphatic rings. The molecule has 0 spiro atoms. The fourth-order valence-electron chi connectivity index (χ4n) is 0.790. The summed E-state index contributed by atoms with van der Waals surface area (Å²) in [5, 5.41) is 0. The number of rotatable bonds is 2. The number of carbonyl (C=O) groups is 1.